The standard InChI is InChI=1S/C41H45N3O6S2.Na/c1-5-42(6-2)36-25-19-31(20-26-36)39(32-21-27-37(28-22-32)43(7-3)40(51(45,46)47)34-15-11-9-12-16-34)33-23-29-38(30-24-33)44(8-4)41(52(48,49)50)35-17-13-10-14-18-35;/h9-30,40-41H,5-8H2,1-4H3,(H-,45,46,47,48,49,50);/q;+1/p-1. The van der Waals surface area contributed by atoms with Crippen LogP contribution in [0, 0.1) is 0 Å². The Hall–Kier alpha value is -3.81. The van der Waals surface area contributed by atoms with Gasteiger partial charge in [0.2, 0.25) is 0 Å². The second kappa shape index (κ2) is 18.5. The summed E-state index contributed by atoms with van der Waals surface area (Å²) < 4.78 is 77.8. The number of hydrogen-bond donors (Lipinski definition) is 0. The van der Waals surface area contributed by atoms with Crippen LogP contribution in [0.25, 0.3) is 5.57 Å². The smallest absolute Gasteiger partial charge is 0.746 e. The predicted octanol–water partition coefficient (Wildman–Crippen LogP) is 4.25. The van der Waals surface area contributed by atoms with Crippen molar-refractivity contribution in [3.05, 3.63) is 161 Å². The molecule has 0 aromatic heterocycles. The van der Waals surface area contributed by atoms with Gasteiger partial charge < -0.3 is 18.9 Å². The molecule has 0 spiro atoms. The van der Waals surface area contributed by atoms with E-state index in [1.165, 1.54) is 0 Å². The van der Waals surface area contributed by atoms with Crippen molar-refractivity contribution < 1.29 is 60.1 Å². The molecule has 0 heterocycles. The molecule has 4 aromatic carbocycles. The molecule has 1 aliphatic rings. The number of rotatable bonds is 14. The predicted molar refractivity (Wildman–Crippen MR) is 207 cm³/mol. The van der Waals surface area contributed by atoms with Crippen LogP contribution in [0.3, 0.4) is 0 Å². The van der Waals surface area contributed by atoms with Crippen molar-refractivity contribution in [2.24, 2.45) is 0 Å². The Morgan fingerprint density at radius 3 is 1.23 bits per heavy atom. The van der Waals surface area contributed by atoms with Crippen LogP contribution in [-0.4, -0.2) is 62.4 Å². The quantitative estimate of drug-likeness (QED) is 0.106. The van der Waals surface area contributed by atoms with Crippen LogP contribution in [0.2, 0.25) is 0 Å². The van der Waals surface area contributed by atoms with Gasteiger partial charge in [0.1, 0.15) is 44.1 Å². The Morgan fingerprint density at radius 2 is 0.925 bits per heavy atom. The van der Waals surface area contributed by atoms with Crippen LogP contribution in [0.4, 0.5) is 11.4 Å². The minimum Gasteiger partial charge on any atom is -0.746 e. The summed E-state index contributed by atoms with van der Waals surface area (Å²) in [5.74, 6) is 0. The van der Waals surface area contributed by atoms with Crippen molar-refractivity contribution in [1.29, 1.82) is 0 Å². The molecule has 53 heavy (non-hydrogen) atoms. The number of nitrogens with zero attached hydrogens (tertiary/aromatic N) is 3. The van der Waals surface area contributed by atoms with Gasteiger partial charge in [-0.3, -0.25) is 0 Å². The maximum absolute atomic E-state index is 12.6. The fourth-order valence-corrected chi connectivity index (χ4v) is 8.92. The molecule has 0 saturated carbocycles. The summed E-state index contributed by atoms with van der Waals surface area (Å²) >= 11 is 0. The van der Waals surface area contributed by atoms with Gasteiger partial charge in [0.15, 0.2) is 5.71 Å². The molecule has 12 heteroatoms. The van der Waals surface area contributed by atoms with E-state index >= 15 is 0 Å². The molecule has 0 fully saturated rings. The Balaban J connectivity index is 0.00000627. The molecule has 0 radical (unpaired) electrons. The third kappa shape index (κ3) is 9.85. The van der Waals surface area contributed by atoms with Gasteiger partial charge in [-0.25, -0.2) is 21.4 Å². The summed E-state index contributed by atoms with van der Waals surface area (Å²) in [5, 5.41) is -2.79. The van der Waals surface area contributed by atoms with Gasteiger partial charge >= 0.3 is 29.6 Å². The van der Waals surface area contributed by atoms with E-state index in [1.54, 1.807) is 70.5 Å². The van der Waals surface area contributed by atoms with Crippen molar-refractivity contribution in [2.45, 2.75) is 38.4 Å². The normalized spacial score (nSPS) is 13.9. The number of benzene rings is 4. The number of hydrogen-bond acceptors (Lipinski definition) is 8. The molecule has 272 valence electrons. The van der Waals surface area contributed by atoms with Gasteiger partial charge in [-0.2, -0.15) is 0 Å². The molecule has 0 bridgehead atoms. The van der Waals surface area contributed by atoms with E-state index in [4.69, 9.17) is 0 Å². The first-order chi connectivity index (χ1) is 24.9. The van der Waals surface area contributed by atoms with Crippen LogP contribution in [0.1, 0.15) is 60.7 Å². The van der Waals surface area contributed by atoms with E-state index in [0.717, 1.165) is 41.1 Å². The van der Waals surface area contributed by atoms with Gasteiger partial charge in [0, 0.05) is 36.6 Å². The second-order valence-corrected chi connectivity index (χ2v) is 15.1. The first kappa shape index (κ1) is 41.9. The third-order valence-electron chi connectivity index (χ3n) is 9.22. The van der Waals surface area contributed by atoms with E-state index in [-0.39, 0.29) is 42.6 Å². The molecule has 0 N–H and O–H groups in total. The fraction of sp³-hybridized carbons (Fsp3) is 0.244. The largest absolute Gasteiger partial charge is 1.00 e. The van der Waals surface area contributed by atoms with Crippen LogP contribution in [-0.2, 0) is 20.2 Å². The van der Waals surface area contributed by atoms with Gasteiger partial charge in [-0.05, 0) is 97.5 Å². The summed E-state index contributed by atoms with van der Waals surface area (Å²) in [6, 6.07) is 31.9. The summed E-state index contributed by atoms with van der Waals surface area (Å²) in [4.78, 5) is 3.17. The average molecular weight is 762 g/mol. The minimum atomic E-state index is -4.75. The fourth-order valence-electron chi connectivity index (χ4n) is 6.77. The van der Waals surface area contributed by atoms with Crippen molar-refractivity contribution in [1.82, 2.24) is 0 Å². The van der Waals surface area contributed by atoms with E-state index in [0.29, 0.717) is 22.5 Å². The Bertz CT molecular complexity index is 2030. The van der Waals surface area contributed by atoms with Crippen molar-refractivity contribution in [2.75, 3.05) is 36.0 Å². The molecule has 2 unspecified atom stereocenters. The van der Waals surface area contributed by atoms with Crippen molar-refractivity contribution >= 4 is 42.9 Å². The first-order valence-corrected chi connectivity index (χ1v) is 20.3. The molecule has 9 nitrogen and oxygen atoms in total. The molecule has 4 aromatic rings. The van der Waals surface area contributed by atoms with Crippen LogP contribution >= 0.6 is 0 Å². The molecular formula is C41H44N3NaO6S2. The van der Waals surface area contributed by atoms with Gasteiger partial charge in [-0.1, -0.05) is 84.9 Å². The number of anilines is 2. The molecule has 0 amide bonds. The van der Waals surface area contributed by atoms with E-state index < -0.39 is 31.0 Å². The zero-order valence-electron chi connectivity index (χ0n) is 30.8. The van der Waals surface area contributed by atoms with Crippen molar-refractivity contribution in [3.63, 3.8) is 0 Å². The topological polar surface area (TPSA) is 124 Å². The second-order valence-electron chi connectivity index (χ2n) is 12.3. The number of allylic oxidation sites excluding steroid dienone is 5. The maximum atomic E-state index is 12.6. The molecular weight excluding hydrogens is 718 g/mol. The zero-order chi connectivity index (χ0) is 37.5. The molecule has 5 rings (SSSR count). The molecule has 1 aliphatic carbocycles. The maximum Gasteiger partial charge on any atom is 1.00 e. The monoisotopic (exact) mass is 761 g/mol. The van der Waals surface area contributed by atoms with Gasteiger partial charge in [-0.15, -0.1) is 0 Å². The SMILES string of the molecule is CCN(c1ccc(C(=C2C=CC(=[N+](CC)CC)C=C2)c2ccc(N(CC)C(c3ccccc3)S(=O)(=O)[O-])cc2)cc1)C(c1ccccc1)S(=O)(=O)[O-].[Na+]. The summed E-state index contributed by atoms with van der Waals surface area (Å²) in [6.07, 6.45) is 8.28. The van der Waals surface area contributed by atoms with Crippen LogP contribution in [0.15, 0.2) is 139 Å². The Morgan fingerprint density at radius 1 is 0.566 bits per heavy atom. The molecule has 2 atom stereocenters. The third-order valence-corrected chi connectivity index (χ3v) is 11.4. The first-order valence-electron chi connectivity index (χ1n) is 17.4. The van der Waals surface area contributed by atoms with E-state index in [2.05, 4.69) is 42.7 Å². The molecule has 0 saturated heterocycles. The van der Waals surface area contributed by atoms with E-state index in [9.17, 15) is 25.9 Å². The summed E-state index contributed by atoms with van der Waals surface area (Å²) in [5.41, 5.74) is 6.56. The van der Waals surface area contributed by atoms with E-state index in [1.807, 2.05) is 62.4 Å². The van der Waals surface area contributed by atoms with Gasteiger partial charge in [0.25, 0.3) is 0 Å². The van der Waals surface area contributed by atoms with Gasteiger partial charge in [0.05, 0.1) is 0 Å². The molecule has 0 aliphatic heterocycles. The van der Waals surface area contributed by atoms with Crippen molar-refractivity contribution in [3.8, 4) is 0 Å². The Kier molecular flexibility index (Phi) is 14.6. The zero-order valence-corrected chi connectivity index (χ0v) is 34.4. The van der Waals surface area contributed by atoms with Crippen LogP contribution < -0.4 is 39.4 Å². The van der Waals surface area contributed by atoms with Crippen LogP contribution in [0.5, 0.6) is 0 Å². The Labute approximate surface area is 336 Å². The summed E-state index contributed by atoms with van der Waals surface area (Å²) in [6.45, 7) is 10.1. The average Bonchev–Trinajstić information content (AvgIpc) is 3.14. The minimum absolute atomic E-state index is 0. The summed E-state index contributed by atoms with van der Waals surface area (Å²) in [7, 11) is -9.49.